The van der Waals surface area contributed by atoms with Crippen molar-refractivity contribution >= 4 is 11.3 Å². The fourth-order valence-corrected chi connectivity index (χ4v) is 3.05. The molecule has 0 saturated heterocycles. The van der Waals surface area contributed by atoms with E-state index in [1.54, 1.807) is 11.3 Å². The fourth-order valence-electron chi connectivity index (χ4n) is 2.21. The van der Waals surface area contributed by atoms with E-state index in [2.05, 4.69) is 33.4 Å². The molecule has 0 saturated carbocycles. The lowest BCUT2D eigenvalue weighted by Gasteiger charge is -2.27. The molecule has 0 amide bonds. The molecule has 2 aromatic rings. The topological polar surface area (TPSA) is 60.0 Å². The van der Waals surface area contributed by atoms with E-state index in [1.807, 2.05) is 25.0 Å². The minimum absolute atomic E-state index is 0.184. The summed E-state index contributed by atoms with van der Waals surface area (Å²) in [6.45, 7) is 6.53. The standard InChI is InChI=1S/C13H21N5S/c1-4-18-8-15-6-12(18)11(5-14)17(3)7-13-10(2)16-9-19-13/h6,8-9,11H,4-5,7,14H2,1-3H3. The van der Waals surface area contributed by atoms with E-state index >= 15 is 0 Å². The van der Waals surface area contributed by atoms with E-state index in [9.17, 15) is 0 Å². The summed E-state index contributed by atoms with van der Waals surface area (Å²) in [5.41, 5.74) is 10.1. The summed E-state index contributed by atoms with van der Waals surface area (Å²) in [7, 11) is 2.10. The lowest BCUT2D eigenvalue weighted by molar-refractivity contribution is 0.234. The Labute approximate surface area is 118 Å². The molecule has 19 heavy (non-hydrogen) atoms. The van der Waals surface area contributed by atoms with Gasteiger partial charge in [0.2, 0.25) is 0 Å². The Bertz CT molecular complexity index is 519. The van der Waals surface area contributed by atoms with Crippen molar-refractivity contribution in [2.75, 3.05) is 13.6 Å². The van der Waals surface area contributed by atoms with Crippen LogP contribution in [0.3, 0.4) is 0 Å². The van der Waals surface area contributed by atoms with E-state index < -0.39 is 0 Å². The molecular formula is C13H21N5S. The number of hydrogen-bond acceptors (Lipinski definition) is 5. The Morgan fingerprint density at radius 1 is 1.53 bits per heavy atom. The lowest BCUT2D eigenvalue weighted by Crippen LogP contribution is -2.31. The van der Waals surface area contributed by atoms with Gasteiger partial charge in [0.25, 0.3) is 0 Å². The average Bonchev–Trinajstić information content (AvgIpc) is 3.00. The van der Waals surface area contributed by atoms with Crippen LogP contribution in [0, 0.1) is 6.92 Å². The van der Waals surface area contributed by atoms with Gasteiger partial charge in [0.15, 0.2) is 0 Å². The minimum Gasteiger partial charge on any atom is -0.333 e. The van der Waals surface area contributed by atoms with Gasteiger partial charge in [0.05, 0.1) is 29.3 Å². The second-order valence-electron chi connectivity index (χ2n) is 4.63. The first-order valence-electron chi connectivity index (χ1n) is 6.46. The highest BCUT2D eigenvalue weighted by Gasteiger charge is 2.20. The molecule has 0 aliphatic carbocycles. The van der Waals surface area contributed by atoms with Crippen molar-refractivity contribution in [3.63, 3.8) is 0 Å². The van der Waals surface area contributed by atoms with Crippen LogP contribution in [0.25, 0.3) is 0 Å². The van der Waals surface area contributed by atoms with Gasteiger partial charge >= 0.3 is 0 Å². The number of thiazole rings is 1. The van der Waals surface area contributed by atoms with Crippen molar-refractivity contribution in [1.29, 1.82) is 0 Å². The van der Waals surface area contributed by atoms with Crippen molar-refractivity contribution < 1.29 is 0 Å². The van der Waals surface area contributed by atoms with Gasteiger partial charge in [0.1, 0.15) is 0 Å². The minimum atomic E-state index is 0.184. The zero-order valence-electron chi connectivity index (χ0n) is 11.7. The predicted molar refractivity (Wildman–Crippen MR) is 78.0 cm³/mol. The number of aromatic nitrogens is 3. The van der Waals surface area contributed by atoms with Crippen LogP contribution in [-0.2, 0) is 13.1 Å². The Balaban J connectivity index is 2.15. The van der Waals surface area contributed by atoms with Gasteiger partial charge in [-0.15, -0.1) is 11.3 Å². The van der Waals surface area contributed by atoms with Crippen LogP contribution < -0.4 is 5.73 Å². The maximum absolute atomic E-state index is 5.96. The molecule has 0 spiro atoms. The normalized spacial score (nSPS) is 13.1. The van der Waals surface area contributed by atoms with Crippen molar-refractivity contribution in [1.82, 2.24) is 19.4 Å². The molecule has 0 radical (unpaired) electrons. The number of nitrogens with zero attached hydrogens (tertiary/aromatic N) is 4. The number of nitrogens with two attached hydrogens (primary N) is 1. The van der Waals surface area contributed by atoms with E-state index in [4.69, 9.17) is 5.73 Å². The summed E-state index contributed by atoms with van der Waals surface area (Å²) in [5.74, 6) is 0. The third-order valence-corrected chi connectivity index (χ3v) is 4.34. The van der Waals surface area contributed by atoms with Crippen LogP contribution in [0.2, 0.25) is 0 Å². The van der Waals surface area contributed by atoms with Gasteiger partial charge in [-0.3, -0.25) is 4.90 Å². The van der Waals surface area contributed by atoms with Gasteiger partial charge in [-0.05, 0) is 20.9 Å². The lowest BCUT2D eigenvalue weighted by atomic mass is 10.2. The first-order valence-corrected chi connectivity index (χ1v) is 7.34. The molecule has 104 valence electrons. The Kier molecular flexibility index (Phi) is 4.68. The highest BCUT2D eigenvalue weighted by Crippen LogP contribution is 2.22. The monoisotopic (exact) mass is 279 g/mol. The van der Waals surface area contributed by atoms with E-state index in [1.165, 1.54) is 10.6 Å². The molecule has 1 atom stereocenters. The Morgan fingerprint density at radius 2 is 2.32 bits per heavy atom. The predicted octanol–water partition coefficient (Wildman–Crippen LogP) is 1.80. The molecule has 2 N–H and O–H groups in total. The second-order valence-corrected chi connectivity index (χ2v) is 5.57. The molecule has 0 aliphatic heterocycles. The molecule has 2 aromatic heterocycles. The zero-order chi connectivity index (χ0) is 13.8. The van der Waals surface area contributed by atoms with E-state index in [0.717, 1.165) is 18.8 Å². The Morgan fingerprint density at radius 3 is 2.89 bits per heavy atom. The number of likely N-dealkylation sites (N-methyl/N-ethyl adjacent to an activating group) is 1. The number of hydrogen-bond donors (Lipinski definition) is 1. The third-order valence-electron chi connectivity index (χ3n) is 3.42. The maximum atomic E-state index is 5.96. The SMILES string of the molecule is CCn1cncc1C(CN)N(C)Cc1scnc1C. The van der Waals surface area contributed by atoms with Crippen molar-refractivity contribution in [2.24, 2.45) is 5.73 Å². The van der Waals surface area contributed by atoms with Crippen LogP contribution >= 0.6 is 11.3 Å². The zero-order valence-corrected chi connectivity index (χ0v) is 12.5. The van der Waals surface area contributed by atoms with Gasteiger partial charge in [0, 0.05) is 30.7 Å². The summed E-state index contributed by atoms with van der Waals surface area (Å²) in [5, 5.41) is 0. The van der Waals surface area contributed by atoms with Crippen LogP contribution in [0.5, 0.6) is 0 Å². The third kappa shape index (κ3) is 3.02. The van der Waals surface area contributed by atoms with E-state index in [-0.39, 0.29) is 6.04 Å². The van der Waals surface area contributed by atoms with Crippen molar-refractivity contribution in [2.45, 2.75) is 33.0 Å². The van der Waals surface area contributed by atoms with Gasteiger partial charge < -0.3 is 10.3 Å². The highest BCUT2D eigenvalue weighted by atomic mass is 32.1. The number of aryl methyl sites for hydroxylation is 2. The number of imidazole rings is 1. The quantitative estimate of drug-likeness (QED) is 0.876. The molecule has 0 fully saturated rings. The molecule has 1 unspecified atom stereocenters. The van der Waals surface area contributed by atoms with Crippen molar-refractivity contribution in [3.8, 4) is 0 Å². The molecule has 0 aromatic carbocycles. The van der Waals surface area contributed by atoms with E-state index in [0.29, 0.717) is 6.54 Å². The molecule has 2 rings (SSSR count). The second kappa shape index (κ2) is 6.27. The van der Waals surface area contributed by atoms with Gasteiger partial charge in [-0.2, -0.15) is 0 Å². The smallest absolute Gasteiger partial charge is 0.0948 e. The van der Waals surface area contributed by atoms with Gasteiger partial charge in [-0.25, -0.2) is 9.97 Å². The van der Waals surface area contributed by atoms with Gasteiger partial charge in [-0.1, -0.05) is 0 Å². The largest absolute Gasteiger partial charge is 0.333 e. The fraction of sp³-hybridized carbons (Fsp3) is 0.538. The van der Waals surface area contributed by atoms with Crippen LogP contribution in [-0.4, -0.2) is 33.0 Å². The maximum Gasteiger partial charge on any atom is 0.0948 e. The molecule has 2 heterocycles. The summed E-state index contributed by atoms with van der Waals surface area (Å²) in [6, 6.07) is 0.184. The van der Waals surface area contributed by atoms with Crippen LogP contribution in [0.1, 0.15) is 29.2 Å². The molecule has 6 heteroatoms. The Hall–Kier alpha value is -1.24. The van der Waals surface area contributed by atoms with Crippen LogP contribution in [0.4, 0.5) is 0 Å². The summed E-state index contributed by atoms with van der Waals surface area (Å²) in [4.78, 5) is 12.1. The molecule has 5 nitrogen and oxygen atoms in total. The number of rotatable bonds is 6. The highest BCUT2D eigenvalue weighted by molar-refractivity contribution is 7.09. The average molecular weight is 279 g/mol. The molecule has 0 bridgehead atoms. The first-order chi connectivity index (χ1) is 9.17. The first kappa shape index (κ1) is 14.2. The summed E-state index contributed by atoms with van der Waals surface area (Å²) in [6.07, 6.45) is 3.78. The van der Waals surface area contributed by atoms with Crippen molar-refractivity contribution in [3.05, 3.63) is 34.3 Å². The molecule has 0 aliphatic rings. The van der Waals surface area contributed by atoms with Crippen LogP contribution in [0.15, 0.2) is 18.0 Å². The summed E-state index contributed by atoms with van der Waals surface area (Å²) >= 11 is 1.70. The summed E-state index contributed by atoms with van der Waals surface area (Å²) < 4.78 is 2.15. The molecular weight excluding hydrogens is 258 g/mol.